The van der Waals surface area contributed by atoms with Crippen molar-refractivity contribution in [2.24, 2.45) is 0 Å². The number of halogens is 2. The molecule has 0 heterocycles. The number of ether oxygens (including phenoxy) is 1. The Hall–Kier alpha value is -0.990. The SMILES string of the molecule is Cc1cccc(Br)c1OCc1ccc(Cl)cc1. The van der Waals surface area contributed by atoms with Gasteiger partial charge in [-0.05, 0) is 52.2 Å². The maximum atomic E-state index is 5.83. The van der Waals surface area contributed by atoms with E-state index in [2.05, 4.69) is 15.9 Å². The van der Waals surface area contributed by atoms with E-state index in [1.165, 1.54) is 0 Å². The van der Waals surface area contributed by atoms with Gasteiger partial charge in [0, 0.05) is 5.02 Å². The van der Waals surface area contributed by atoms with E-state index in [1.54, 1.807) is 0 Å². The Balaban J connectivity index is 2.10. The van der Waals surface area contributed by atoms with Gasteiger partial charge in [0.2, 0.25) is 0 Å². The van der Waals surface area contributed by atoms with E-state index in [1.807, 2.05) is 49.4 Å². The topological polar surface area (TPSA) is 9.23 Å². The summed E-state index contributed by atoms with van der Waals surface area (Å²) in [7, 11) is 0. The summed E-state index contributed by atoms with van der Waals surface area (Å²) in [5, 5.41) is 0.742. The Morgan fingerprint density at radius 3 is 2.47 bits per heavy atom. The van der Waals surface area contributed by atoms with Crippen molar-refractivity contribution in [1.82, 2.24) is 0 Å². The van der Waals surface area contributed by atoms with E-state index in [-0.39, 0.29) is 0 Å². The molecule has 2 rings (SSSR count). The van der Waals surface area contributed by atoms with E-state index in [9.17, 15) is 0 Å². The van der Waals surface area contributed by atoms with Crippen LogP contribution in [0.2, 0.25) is 5.02 Å². The van der Waals surface area contributed by atoms with Crippen LogP contribution in [0.5, 0.6) is 5.75 Å². The van der Waals surface area contributed by atoms with E-state index in [0.717, 1.165) is 26.4 Å². The van der Waals surface area contributed by atoms with Crippen molar-refractivity contribution in [2.75, 3.05) is 0 Å². The van der Waals surface area contributed by atoms with Crippen molar-refractivity contribution >= 4 is 27.5 Å². The van der Waals surface area contributed by atoms with Crippen molar-refractivity contribution in [2.45, 2.75) is 13.5 Å². The van der Waals surface area contributed by atoms with Gasteiger partial charge in [-0.25, -0.2) is 0 Å². The minimum Gasteiger partial charge on any atom is -0.487 e. The Morgan fingerprint density at radius 2 is 1.82 bits per heavy atom. The van der Waals surface area contributed by atoms with Crippen molar-refractivity contribution in [1.29, 1.82) is 0 Å². The summed E-state index contributed by atoms with van der Waals surface area (Å²) in [5.74, 6) is 0.891. The summed E-state index contributed by atoms with van der Waals surface area (Å²) in [5.41, 5.74) is 2.22. The molecule has 0 saturated carbocycles. The number of hydrogen-bond donors (Lipinski definition) is 0. The summed E-state index contributed by atoms with van der Waals surface area (Å²) in [6.07, 6.45) is 0. The van der Waals surface area contributed by atoms with Crippen LogP contribution in [0.25, 0.3) is 0 Å². The third-order valence-electron chi connectivity index (χ3n) is 2.46. The Kier molecular flexibility index (Phi) is 4.08. The maximum Gasteiger partial charge on any atom is 0.136 e. The summed E-state index contributed by atoms with van der Waals surface area (Å²) < 4.78 is 6.78. The number of benzene rings is 2. The zero-order valence-electron chi connectivity index (χ0n) is 9.41. The summed E-state index contributed by atoms with van der Waals surface area (Å²) in [6.45, 7) is 2.57. The highest BCUT2D eigenvalue weighted by molar-refractivity contribution is 9.10. The van der Waals surface area contributed by atoms with Gasteiger partial charge in [0.15, 0.2) is 0 Å². The lowest BCUT2D eigenvalue weighted by Crippen LogP contribution is -1.97. The second-order valence-electron chi connectivity index (χ2n) is 3.80. The van der Waals surface area contributed by atoms with Gasteiger partial charge in [0.25, 0.3) is 0 Å². The Labute approximate surface area is 115 Å². The highest BCUT2D eigenvalue weighted by Crippen LogP contribution is 2.29. The molecule has 0 aromatic heterocycles. The molecular formula is C14H12BrClO. The standard InChI is InChI=1S/C14H12BrClO/c1-10-3-2-4-13(15)14(10)17-9-11-5-7-12(16)8-6-11/h2-8H,9H2,1H3. The number of aryl methyl sites for hydroxylation is 1. The smallest absolute Gasteiger partial charge is 0.136 e. The molecule has 0 aliphatic carbocycles. The second-order valence-corrected chi connectivity index (χ2v) is 5.09. The van der Waals surface area contributed by atoms with Gasteiger partial charge in [-0.1, -0.05) is 35.9 Å². The van der Waals surface area contributed by atoms with Crippen LogP contribution < -0.4 is 4.74 Å². The first-order valence-corrected chi connectivity index (χ1v) is 6.46. The zero-order valence-corrected chi connectivity index (χ0v) is 11.8. The molecule has 0 atom stereocenters. The van der Waals surface area contributed by atoms with Crippen LogP contribution in [0.3, 0.4) is 0 Å². The minimum absolute atomic E-state index is 0.542. The Morgan fingerprint density at radius 1 is 1.12 bits per heavy atom. The molecule has 0 spiro atoms. The highest BCUT2D eigenvalue weighted by Gasteiger charge is 2.04. The summed E-state index contributed by atoms with van der Waals surface area (Å²) in [6, 6.07) is 13.7. The van der Waals surface area contributed by atoms with E-state index >= 15 is 0 Å². The fourth-order valence-corrected chi connectivity index (χ4v) is 2.24. The lowest BCUT2D eigenvalue weighted by atomic mass is 10.2. The first-order chi connectivity index (χ1) is 8.16. The lowest BCUT2D eigenvalue weighted by molar-refractivity contribution is 0.302. The Bertz CT molecular complexity index is 488. The molecule has 0 radical (unpaired) electrons. The number of hydrogen-bond acceptors (Lipinski definition) is 1. The van der Waals surface area contributed by atoms with Gasteiger partial charge in [-0.15, -0.1) is 0 Å². The van der Waals surface area contributed by atoms with Crippen LogP contribution in [0.1, 0.15) is 11.1 Å². The third kappa shape index (κ3) is 3.24. The largest absolute Gasteiger partial charge is 0.487 e. The molecule has 0 unspecified atom stereocenters. The molecule has 1 nitrogen and oxygen atoms in total. The fraction of sp³-hybridized carbons (Fsp3) is 0.143. The summed E-state index contributed by atoms with van der Waals surface area (Å²) in [4.78, 5) is 0. The lowest BCUT2D eigenvalue weighted by Gasteiger charge is -2.11. The van der Waals surface area contributed by atoms with Gasteiger partial charge >= 0.3 is 0 Å². The van der Waals surface area contributed by atoms with Gasteiger partial charge in [0.05, 0.1) is 4.47 Å². The van der Waals surface area contributed by atoms with Crippen LogP contribution in [0.15, 0.2) is 46.9 Å². The molecule has 17 heavy (non-hydrogen) atoms. The normalized spacial score (nSPS) is 10.3. The van der Waals surface area contributed by atoms with Crippen molar-refractivity contribution in [3.05, 3.63) is 63.1 Å². The van der Waals surface area contributed by atoms with Gasteiger partial charge in [-0.2, -0.15) is 0 Å². The molecule has 2 aromatic rings. The van der Waals surface area contributed by atoms with E-state index in [0.29, 0.717) is 6.61 Å². The molecule has 0 N–H and O–H groups in total. The highest BCUT2D eigenvalue weighted by atomic mass is 79.9. The minimum atomic E-state index is 0.542. The molecule has 0 fully saturated rings. The van der Waals surface area contributed by atoms with Crippen LogP contribution in [0.4, 0.5) is 0 Å². The van der Waals surface area contributed by atoms with Gasteiger partial charge in [-0.3, -0.25) is 0 Å². The average Bonchev–Trinajstić information content (AvgIpc) is 2.31. The second kappa shape index (κ2) is 5.56. The van der Waals surface area contributed by atoms with E-state index in [4.69, 9.17) is 16.3 Å². The van der Waals surface area contributed by atoms with Gasteiger partial charge < -0.3 is 4.74 Å². The third-order valence-corrected chi connectivity index (χ3v) is 3.34. The maximum absolute atomic E-state index is 5.83. The molecule has 88 valence electrons. The van der Waals surface area contributed by atoms with Crippen molar-refractivity contribution in [3.8, 4) is 5.75 Å². The van der Waals surface area contributed by atoms with Gasteiger partial charge in [0.1, 0.15) is 12.4 Å². The molecule has 3 heteroatoms. The molecular weight excluding hydrogens is 300 g/mol. The molecule has 0 aliphatic rings. The molecule has 0 aliphatic heterocycles. The fourth-order valence-electron chi connectivity index (χ4n) is 1.54. The first kappa shape index (κ1) is 12.5. The monoisotopic (exact) mass is 310 g/mol. The summed E-state index contributed by atoms with van der Waals surface area (Å²) >= 11 is 9.32. The average molecular weight is 312 g/mol. The molecule has 0 saturated heterocycles. The van der Waals surface area contributed by atoms with Crippen LogP contribution in [0, 0.1) is 6.92 Å². The van der Waals surface area contributed by atoms with Crippen LogP contribution in [-0.4, -0.2) is 0 Å². The van der Waals surface area contributed by atoms with Crippen molar-refractivity contribution in [3.63, 3.8) is 0 Å². The zero-order chi connectivity index (χ0) is 12.3. The van der Waals surface area contributed by atoms with E-state index < -0.39 is 0 Å². The number of para-hydroxylation sites is 1. The molecule has 0 bridgehead atoms. The van der Waals surface area contributed by atoms with Crippen molar-refractivity contribution < 1.29 is 4.74 Å². The quantitative estimate of drug-likeness (QED) is 0.776. The number of rotatable bonds is 3. The molecule has 0 amide bonds. The van der Waals surface area contributed by atoms with Crippen LogP contribution in [-0.2, 0) is 6.61 Å². The molecule has 2 aromatic carbocycles. The predicted octanol–water partition coefficient (Wildman–Crippen LogP) is 4.99. The first-order valence-electron chi connectivity index (χ1n) is 5.29. The predicted molar refractivity (Wildman–Crippen MR) is 74.7 cm³/mol. The van der Waals surface area contributed by atoms with Crippen LogP contribution >= 0.6 is 27.5 Å².